The molecule has 3 rings (SSSR count). The van der Waals surface area contributed by atoms with Crippen LogP contribution in [0.2, 0.25) is 0 Å². The number of hydrogen-bond donors (Lipinski definition) is 0. The van der Waals surface area contributed by atoms with Crippen molar-refractivity contribution in [3.63, 3.8) is 0 Å². The molecule has 2 saturated carbocycles. The van der Waals surface area contributed by atoms with Crippen LogP contribution in [0.5, 0.6) is 0 Å². The second kappa shape index (κ2) is 5.49. The largest absolute Gasteiger partial charge is 0.378 e. The minimum Gasteiger partial charge on any atom is -0.378 e. The highest BCUT2D eigenvalue weighted by atomic mass is 16.5. The third-order valence-corrected chi connectivity index (χ3v) is 5.44. The van der Waals surface area contributed by atoms with Crippen molar-refractivity contribution in [1.82, 2.24) is 14.7 Å². The van der Waals surface area contributed by atoms with E-state index in [1.165, 1.54) is 31.2 Å². The van der Waals surface area contributed by atoms with E-state index in [-0.39, 0.29) is 0 Å². The van der Waals surface area contributed by atoms with Crippen LogP contribution in [0.1, 0.15) is 38.2 Å². The Morgan fingerprint density at radius 1 is 1.50 bits per heavy atom. The van der Waals surface area contributed by atoms with E-state index in [9.17, 15) is 0 Å². The number of nitrogens with zero attached hydrogens (tertiary/aromatic N) is 3. The second-order valence-electron chi connectivity index (χ2n) is 6.54. The lowest BCUT2D eigenvalue weighted by Gasteiger charge is -2.63. The summed E-state index contributed by atoms with van der Waals surface area (Å²) in [6.07, 6.45) is 11.0. The van der Waals surface area contributed by atoms with Crippen molar-refractivity contribution in [2.24, 2.45) is 12.5 Å². The molecule has 0 radical (unpaired) electrons. The number of aryl methyl sites for hydroxylation is 1. The van der Waals surface area contributed by atoms with Gasteiger partial charge in [-0.3, -0.25) is 4.68 Å². The Bertz CT molecular complexity index is 452. The minimum atomic E-state index is 0.486. The molecule has 0 aromatic carbocycles. The number of likely N-dealkylation sites (N-methyl/N-ethyl adjacent to an activating group) is 1. The zero-order valence-corrected chi connectivity index (χ0v) is 13.0. The molecule has 0 aliphatic heterocycles. The molecule has 2 aliphatic rings. The standard InChI is InChI=1S/C16H27N3O/c1-4-20-15-10-14(16(15)7-5-8-16)18(2)9-6-13-11-17-19(3)12-13/h11-12,14-15H,4-10H2,1-3H3/t14-,15+/m1/s1. The molecule has 4 nitrogen and oxygen atoms in total. The summed E-state index contributed by atoms with van der Waals surface area (Å²) in [7, 11) is 4.26. The van der Waals surface area contributed by atoms with Gasteiger partial charge in [0.25, 0.3) is 0 Å². The molecule has 0 bridgehead atoms. The summed E-state index contributed by atoms with van der Waals surface area (Å²) in [5, 5.41) is 4.24. The summed E-state index contributed by atoms with van der Waals surface area (Å²) >= 11 is 0. The Hall–Kier alpha value is -0.870. The highest BCUT2D eigenvalue weighted by Crippen LogP contribution is 2.58. The van der Waals surface area contributed by atoms with Crippen molar-refractivity contribution >= 4 is 0 Å². The lowest BCUT2D eigenvalue weighted by atomic mass is 9.50. The molecule has 2 aliphatic carbocycles. The highest BCUT2D eigenvalue weighted by molar-refractivity contribution is 5.13. The van der Waals surface area contributed by atoms with E-state index >= 15 is 0 Å². The molecule has 1 heterocycles. The van der Waals surface area contributed by atoms with Gasteiger partial charge in [-0.15, -0.1) is 0 Å². The predicted octanol–water partition coefficient (Wildman–Crippen LogP) is 2.24. The summed E-state index contributed by atoms with van der Waals surface area (Å²) in [6.45, 7) is 4.10. The SMILES string of the molecule is CCO[C@H]1C[C@@H](N(C)CCc2cnn(C)c2)C12CCC2. The summed E-state index contributed by atoms with van der Waals surface area (Å²) in [5.74, 6) is 0. The average molecular weight is 277 g/mol. The van der Waals surface area contributed by atoms with Crippen molar-refractivity contribution < 1.29 is 4.74 Å². The first-order chi connectivity index (χ1) is 9.65. The van der Waals surface area contributed by atoms with Crippen molar-refractivity contribution in [2.45, 2.75) is 51.2 Å². The Morgan fingerprint density at radius 3 is 2.85 bits per heavy atom. The fourth-order valence-electron chi connectivity index (χ4n) is 4.08. The number of rotatable bonds is 6. The number of ether oxygens (including phenoxy) is 1. The van der Waals surface area contributed by atoms with Crippen LogP contribution in [0.25, 0.3) is 0 Å². The van der Waals surface area contributed by atoms with Gasteiger partial charge in [0.1, 0.15) is 0 Å². The molecule has 2 atom stereocenters. The van der Waals surface area contributed by atoms with E-state index < -0.39 is 0 Å². The van der Waals surface area contributed by atoms with Gasteiger partial charge in [-0.2, -0.15) is 5.10 Å². The molecule has 1 aromatic heterocycles. The Labute approximate surface area is 122 Å². The maximum absolute atomic E-state index is 5.94. The highest BCUT2D eigenvalue weighted by Gasteiger charge is 2.59. The van der Waals surface area contributed by atoms with Crippen LogP contribution in [0.4, 0.5) is 0 Å². The van der Waals surface area contributed by atoms with Gasteiger partial charge in [-0.05, 0) is 45.2 Å². The molecule has 4 heteroatoms. The molecule has 0 N–H and O–H groups in total. The third-order valence-electron chi connectivity index (χ3n) is 5.44. The first-order valence-electron chi connectivity index (χ1n) is 7.95. The average Bonchev–Trinajstić information content (AvgIpc) is 2.75. The second-order valence-corrected chi connectivity index (χ2v) is 6.54. The van der Waals surface area contributed by atoms with Crippen LogP contribution in [0, 0.1) is 5.41 Å². The van der Waals surface area contributed by atoms with Crippen LogP contribution in [0.15, 0.2) is 12.4 Å². The zero-order valence-electron chi connectivity index (χ0n) is 13.0. The van der Waals surface area contributed by atoms with Gasteiger partial charge in [0.2, 0.25) is 0 Å². The van der Waals surface area contributed by atoms with Crippen molar-refractivity contribution in [2.75, 3.05) is 20.2 Å². The molecule has 0 amide bonds. The summed E-state index contributed by atoms with van der Waals surface area (Å²) in [4.78, 5) is 2.56. The molecule has 2 fully saturated rings. The molecule has 20 heavy (non-hydrogen) atoms. The number of hydrogen-bond acceptors (Lipinski definition) is 3. The van der Waals surface area contributed by atoms with Crippen LogP contribution in [0.3, 0.4) is 0 Å². The lowest BCUT2D eigenvalue weighted by molar-refractivity contribution is -0.199. The lowest BCUT2D eigenvalue weighted by Crippen LogP contribution is -2.67. The van der Waals surface area contributed by atoms with E-state index in [0.717, 1.165) is 25.6 Å². The van der Waals surface area contributed by atoms with E-state index in [1.807, 2.05) is 17.9 Å². The molecule has 0 saturated heterocycles. The summed E-state index contributed by atoms with van der Waals surface area (Å²) in [5.41, 5.74) is 1.82. The number of aromatic nitrogens is 2. The fourth-order valence-corrected chi connectivity index (χ4v) is 4.08. The Balaban J connectivity index is 1.54. The first-order valence-corrected chi connectivity index (χ1v) is 7.95. The van der Waals surface area contributed by atoms with Crippen LogP contribution >= 0.6 is 0 Å². The van der Waals surface area contributed by atoms with E-state index in [0.29, 0.717) is 11.5 Å². The molecule has 112 valence electrons. The fraction of sp³-hybridized carbons (Fsp3) is 0.812. The van der Waals surface area contributed by atoms with E-state index in [4.69, 9.17) is 4.74 Å². The van der Waals surface area contributed by atoms with Gasteiger partial charge in [0.15, 0.2) is 0 Å². The maximum Gasteiger partial charge on any atom is 0.0661 e. The van der Waals surface area contributed by atoms with Crippen LogP contribution in [-0.2, 0) is 18.2 Å². The molecular formula is C16H27N3O. The van der Waals surface area contributed by atoms with Gasteiger partial charge in [-0.1, -0.05) is 6.42 Å². The summed E-state index contributed by atoms with van der Waals surface area (Å²) in [6, 6.07) is 0.726. The predicted molar refractivity (Wildman–Crippen MR) is 79.6 cm³/mol. The van der Waals surface area contributed by atoms with Gasteiger partial charge in [-0.25, -0.2) is 0 Å². The first kappa shape index (κ1) is 14.1. The Kier molecular flexibility index (Phi) is 3.87. The van der Waals surface area contributed by atoms with Crippen molar-refractivity contribution in [3.8, 4) is 0 Å². The quantitative estimate of drug-likeness (QED) is 0.799. The monoisotopic (exact) mass is 277 g/mol. The molecule has 1 aromatic rings. The van der Waals surface area contributed by atoms with Crippen molar-refractivity contribution in [1.29, 1.82) is 0 Å². The Morgan fingerprint density at radius 2 is 2.30 bits per heavy atom. The van der Waals surface area contributed by atoms with Gasteiger partial charge in [0, 0.05) is 37.9 Å². The third kappa shape index (κ3) is 2.29. The smallest absolute Gasteiger partial charge is 0.0661 e. The maximum atomic E-state index is 5.94. The van der Waals surface area contributed by atoms with Gasteiger partial charge in [0.05, 0.1) is 12.3 Å². The normalized spacial score (nSPS) is 27.6. The topological polar surface area (TPSA) is 30.3 Å². The molecule has 1 spiro atoms. The van der Waals surface area contributed by atoms with Crippen LogP contribution in [-0.4, -0.2) is 47.0 Å². The van der Waals surface area contributed by atoms with Gasteiger partial charge >= 0.3 is 0 Å². The van der Waals surface area contributed by atoms with E-state index in [1.54, 1.807) is 0 Å². The van der Waals surface area contributed by atoms with E-state index in [2.05, 4.69) is 30.2 Å². The van der Waals surface area contributed by atoms with Crippen LogP contribution < -0.4 is 0 Å². The molecule has 0 unspecified atom stereocenters. The minimum absolute atomic E-state index is 0.486. The molecular weight excluding hydrogens is 250 g/mol. The zero-order chi connectivity index (χ0) is 14.2. The van der Waals surface area contributed by atoms with Crippen molar-refractivity contribution in [3.05, 3.63) is 18.0 Å². The van der Waals surface area contributed by atoms with Gasteiger partial charge < -0.3 is 9.64 Å². The summed E-state index contributed by atoms with van der Waals surface area (Å²) < 4.78 is 7.83.